The van der Waals surface area contributed by atoms with Gasteiger partial charge in [-0.05, 0) is 52.3 Å². The van der Waals surface area contributed by atoms with Crippen LogP contribution < -0.4 is 4.74 Å². The lowest BCUT2D eigenvalue weighted by molar-refractivity contribution is 0.373. The molecular weight excluding hydrogens is 490 g/mol. The summed E-state index contributed by atoms with van der Waals surface area (Å²) in [7, 11) is 1.50. The number of phenols is 1. The lowest BCUT2D eigenvalue weighted by Crippen LogP contribution is -1.89. The average Bonchev–Trinajstić information content (AvgIpc) is 3.11. The maximum Gasteiger partial charge on any atom is 0.228 e. The van der Waals surface area contributed by atoms with Crippen LogP contribution in [0.25, 0.3) is 22.6 Å². The lowest BCUT2D eigenvalue weighted by atomic mass is 10.2. The number of hydrogen-bond acceptors (Lipinski definition) is 6. The Hall–Kier alpha value is -2.71. The van der Waals surface area contributed by atoms with Crippen molar-refractivity contribution in [3.05, 3.63) is 63.3 Å². The van der Waals surface area contributed by atoms with Crippen LogP contribution in [0.15, 0.2) is 67.1 Å². The second kappa shape index (κ2) is 7.73. The van der Waals surface area contributed by atoms with Gasteiger partial charge in [-0.2, -0.15) is 0 Å². The number of pyridine rings is 1. The summed E-state index contributed by atoms with van der Waals surface area (Å²) in [4.78, 5) is 13.1. The van der Waals surface area contributed by atoms with E-state index in [1.165, 1.54) is 7.11 Å². The maximum absolute atomic E-state index is 10.2. The number of phenolic OH excluding ortho intramolecular Hbond substituents is 1. The van der Waals surface area contributed by atoms with E-state index >= 15 is 0 Å². The third kappa shape index (κ3) is 3.79. The first-order valence-corrected chi connectivity index (χ1v) is 9.74. The van der Waals surface area contributed by atoms with E-state index in [4.69, 9.17) is 9.15 Å². The van der Waals surface area contributed by atoms with Gasteiger partial charge in [0.2, 0.25) is 5.89 Å². The summed E-state index contributed by atoms with van der Waals surface area (Å²) < 4.78 is 12.6. The van der Waals surface area contributed by atoms with Gasteiger partial charge in [-0.1, -0.05) is 15.9 Å². The van der Waals surface area contributed by atoms with Crippen LogP contribution in [0.2, 0.25) is 0 Å². The fourth-order valence-electron chi connectivity index (χ4n) is 2.64. The summed E-state index contributed by atoms with van der Waals surface area (Å²) in [6, 6.07) is 10.8. The van der Waals surface area contributed by atoms with Gasteiger partial charge in [0.1, 0.15) is 5.52 Å². The van der Waals surface area contributed by atoms with Crippen molar-refractivity contribution >= 4 is 54.9 Å². The van der Waals surface area contributed by atoms with Crippen molar-refractivity contribution < 1.29 is 14.3 Å². The van der Waals surface area contributed by atoms with E-state index in [1.54, 1.807) is 30.7 Å². The second-order valence-corrected chi connectivity index (χ2v) is 7.70. The number of rotatable bonds is 4. The predicted molar refractivity (Wildman–Crippen MR) is 115 cm³/mol. The number of oxazole rings is 1. The zero-order valence-electron chi connectivity index (χ0n) is 14.6. The molecule has 0 aliphatic heterocycles. The average molecular weight is 503 g/mol. The van der Waals surface area contributed by atoms with Gasteiger partial charge in [0.05, 0.1) is 18.4 Å². The molecule has 4 aromatic rings. The lowest BCUT2D eigenvalue weighted by Gasteiger charge is -2.06. The fourth-order valence-corrected chi connectivity index (χ4v) is 3.46. The van der Waals surface area contributed by atoms with Crippen LogP contribution in [0, 0.1) is 0 Å². The SMILES string of the molecule is COc1cc(Br)cc(C=Nc2ccc3oc(-c4cncc(Br)c4)nc3c2)c1O. The summed E-state index contributed by atoms with van der Waals surface area (Å²) in [5.74, 6) is 0.885. The van der Waals surface area contributed by atoms with Crippen molar-refractivity contribution in [2.75, 3.05) is 7.11 Å². The van der Waals surface area contributed by atoms with Gasteiger partial charge >= 0.3 is 0 Å². The molecule has 140 valence electrons. The van der Waals surface area contributed by atoms with Crippen molar-refractivity contribution in [1.82, 2.24) is 9.97 Å². The summed E-state index contributed by atoms with van der Waals surface area (Å²) >= 11 is 6.79. The maximum atomic E-state index is 10.2. The zero-order chi connectivity index (χ0) is 19.7. The molecule has 0 unspecified atom stereocenters. The molecule has 6 nitrogen and oxygen atoms in total. The Labute approximate surface area is 177 Å². The third-order valence-electron chi connectivity index (χ3n) is 3.96. The highest BCUT2D eigenvalue weighted by Gasteiger charge is 2.10. The van der Waals surface area contributed by atoms with E-state index < -0.39 is 0 Å². The smallest absolute Gasteiger partial charge is 0.228 e. The van der Waals surface area contributed by atoms with Crippen molar-refractivity contribution in [2.45, 2.75) is 0 Å². The van der Waals surface area contributed by atoms with E-state index in [2.05, 4.69) is 46.8 Å². The molecule has 0 atom stereocenters. The number of hydrogen-bond donors (Lipinski definition) is 1. The number of aromatic nitrogens is 2. The molecule has 8 heteroatoms. The molecule has 1 N–H and O–H groups in total. The minimum absolute atomic E-state index is 0.0291. The van der Waals surface area contributed by atoms with Gasteiger partial charge in [-0.3, -0.25) is 9.98 Å². The van der Waals surface area contributed by atoms with Gasteiger partial charge in [-0.15, -0.1) is 0 Å². The van der Waals surface area contributed by atoms with E-state index in [9.17, 15) is 5.11 Å². The van der Waals surface area contributed by atoms with Crippen molar-refractivity contribution in [3.8, 4) is 23.0 Å². The summed E-state index contributed by atoms with van der Waals surface area (Å²) in [5.41, 5.74) is 3.33. The molecule has 0 saturated carbocycles. The minimum Gasteiger partial charge on any atom is -0.504 e. The molecule has 0 saturated heterocycles. The van der Waals surface area contributed by atoms with Crippen molar-refractivity contribution in [3.63, 3.8) is 0 Å². The summed E-state index contributed by atoms with van der Waals surface area (Å²) in [5, 5.41) is 10.2. The quantitative estimate of drug-likeness (QED) is 0.352. The second-order valence-electron chi connectivity index (χ2n) is 5.87. The monoisotopic (exact) mass is 501 g/mol. The molecule has 2 aromatic heterocycles. The van der Waals surface area contributed by atoms with Crippen LogP contribution in [0.5, 0.6) is 11.5 Å². The molecular formula is C20H13Br2N3O3. The van der Waals surface area contributed by atoms with E-state index in [-0.39, 0.29) is 5.75 Å². The number of benzene rings is 2. The topological polar surface area (TPSA) is 80.7 Å². The molecule has 4 rings (SSSR count). The van der Waals surface area contributed by atoms with Crippen LogP contribution in [-0.4, -0.2) is 28.4 Å². The number of nitrogens with zero attached hydrogens (tertiary/aromatic N) is 3. The van der Waals surface area contributed by atoms with Gasteiger partial charge < -0.3 is 14.3 Å². The molecule has 28 heavy (non-hydrogen) atoms. The fraction of sp³-hybridized carbons (Fsp3) is 0.0500. The molecule has 0 fully saturated rings. The number of ether oxygens (including phenoxy) is 1. The Balaban J connectivity index is 1.67. The van der Waals surface area contributed by atoms with Crippen LogP contribution in [0.3, 0.4) is 0 Å². The summed E-state index contributed by atoms with van der Waals surface area (Å²) in [6.07, 6.45) is 4.96. The predicted octanol–water partition coefficient (Wildman–Crippen LogP) is 5.88. The first-order valence-electron chi connectivity index (χ1n) is 8.15. The molecule has 0 aliphatic carbocycles. The van der Waals surface area contributed by atoms with Gasteiger partial charge in [0.15, 0.2) is 17.1 Å². The minimum atomic E-state index is 0.0291. The van der Waals surface area contributed by atoms with Crippen molar-refractivity contribution in [2.24, 2.45) is 4.99 Å². The Bertz CT molecular complexity index is 1200. The molecule has 2 heterocycles. The first kappa shape index (κ1) is 18.6. The highest BCUT2D eigenvalue weighted by Crippen LogP contribution is 2.33. The van der Waals surface area contributed by atoms with E-state index in [1.807, 2.05) is 24.3 Å². The number of fused-ring (bicyclic) bond motifs is 1. The Morgan fingerprint density at radius 3 is 2.75 bits per heavy atom. The summed E-state index contributed by atoms with van der Waals surface area (Å²) in [6.45, 7) is 0. The zero-order valence-corrected chi connectivity index (χ0v) is 17.7. The number of aliphatic imine (C=N–C) groups is 1. The van der Waals surface area contributed by atoms with Gasteiger partial charge in [0, 0.05) is 33.1 Å². The molecule has 2 aromatic carbocycles. The number of halogens is 2. The van der Waals surface area contributed by atoms with Gasteiger partial charge in [0.25, 0.3) is 0 Å². The first-order chi connectivity index (χ1) is 13.5. The van der Waals surface area contributed by atoms with Gasteiger partial charge in [-0.25, -0.2) is 4.98 Å². The van der Waals surface area contributed by atoms with Crippen LogP contribution in [0.1, 0.15) is 5.56 Å². The largest absolute Gasteiger partial charge is 0.504 e. The van der Waals surface area contributed by atoms with Crippen LogP contribution >= 0.6 is 31.9 Å². The Morgan fingerprint density at radius 1 is 1.11 bits per heavy atom. The molecule has 0 amide bonds. The van der Waals surface area contributed by atoms with E-state index in [0.29, 0.717) is 34.0 Å². The van der Waals surface area contributed by atoms with Crippen molar-refractivity contribution in [1.29, 1.82) is 0 Å². The third-order valence-corrected chi connectivity index (χ3v) is 4.86. The Kier molecular flexibility index (Phi) is 5.15. The highest BCUT2D eigenvalue weighted by atomic mass is 79.9. The molecule has 0 aliphatic rings. The standard InChI is InChI=1S/C20H13Br2N3O3/c1-27-18-6-13(21)4-11(19(18)26)9-24-15-2-3-17-16(7-15)25-20(28-17)12-5-14(22)10-23-8-12/h2-10,26H,1H3. The number of methoxy groups -OCH3 is 1. The molecule has 0 spiro atoms. The normalized spacial score (nSPS) is 11.4. The molecule has 0 bridgehead atoms. The van der Waals surface area contributed by atoms with Crippen LogP contribution in [-0.2, 0) is 0 Å². The van der Waals surface area contributed by atoms with E-state index in [0.717, 1.165) is 14.5 Å². The molecule has 0 radical (unpaired) electrons. The van der Waals surface area contributed by atoms with Crippen LogP contribution in [0.4, 0.5) is 5.69 Å². The highest BCUT2D eigenvalue weighted by molar-refractivity contribution is 9.10. The number of aromatic hydroxyl groups is 1. The Morgan fingerprint density at radius 2 is 1.96 bits per heavy atom.